The lowest BCUT2D eigenvalue weighted by Crippen LogP contribution is -2.36. The second-order valence-electron chi connectivity index (χ2n) is 9.05. The minimum Gasteiger partial charge on any atom is -0.495 e. The molecular weight excluding hydrogens is 444 g/mol. The number of amides is 1. The Balaban J connectivity index is 1.19. The largest absolute Gasteiger partial charge is 0.495 e. The molecule has 0 unspecified atom stereocenters. The summed E-state index contributed by atoms with van der Waals surface area (Å²) in [5.41, 5.74) is 4.03. The number of likely N-dealkylation sites (N-methyl/N-ethyl adjacent to an activating group) is 1. The zero-order chi connectivity index (χ0) is 23.5. The van der Waals surface area contributed by atoms with Crippen LogP contribution in [0.5, 0.6) is 0 Å². The Kier molecular flexibility index (Phi) is 6.83. The van der Waals surface area contributed by atoms with Crippen LogP contribution in [0.15, 0.2) is 71.3 Å². The van der Waals surface area contributed by atoms with Gasteiger partial charge in [-0.2, -0.15) is 0 Å². The van der Waals surface area contributed by atoms with Gasteiger partial charge in [0.05, 0.1) is 33.6 Å². The van der Waals surface area contributed by atoms with E-state index in [2.05, 4.69) is 39.4 Å². The van der Waals surface area contributed by atoms with E-state index in [4.69, 9.17) is 9.72 Å². The summed E-state index contributed by atoms with van der Waals surface area (Å²) in [5, 5.41) is 4.08. The first-order chi connectivity index (χ1) is 16.7. The van der Waals surface area contributed by atoms with Crippen LogP contribution in [0.2, 0.25) is 0 Å². The van der Waals surface area contributed by atoms with E-state index in [1.807, 2.05) is 35.8 Å². The van der Waals surface area contributed by atoms with E-state index in [0.717, 1.165) is 60.7 Å². The van der Waals surface area contributed by atoms with Gasteiger partial charge in [0.2, 0.25) is 0 Å². The summed E-state index contributed by atoms with van der Waals surface area (Å²) in [7, 11) is 3.40. The number of aromatic nitrogens is 1. The fraction of sp³-hybridized carbons (Fsp3) is 0.407. The molecule has 1 fully saturated rings. The average molecular weight is 477 g/mol. The first-order valence-corrected chi connectivity index (χ1v) is 12.9. The molecule has 0 atom stereocenters. The van der Waals surface area contributed by atoms with Crippen molar-refractivity contribution in [1.29, 1.82) is 0 Å². The van der Waals surface area contributed by atoms with Crippen LogP contribution < -0.4 is 5.32 Å². The molecule has 1 aliphatic carbocycles. The third-order valence-corrected chi connectivity index (χ3v) is 8.18. The molecule has 34 heavy (non-hydrogen) atoms. The molecule has 178 valence electrons. The van der Waals surface area contributed by atoms with Crippen LogP contribution in [-0.4, -0.2) is 61.0 Å². The van der Waals surface area contributed by atoms with Crippen molar-refractivity contribution in [3.05, 3.63) is 76.3 Å². The van der Waals surface area contributed by atoms with Gasteiger partial charge in [0, 0.05) is 32.1 Å². The Morgan fingerprint density at radius 2 is 2.06 bits per heavy atom. The Labute approximate surface area is 205 Å². The lowest BCUT2D eigenvalue weighted by atomic mass is 9.96. The number of hydrogen-bond acceptors (Lipinski definition) is 6. The molecule has 6 nitrogen and oxygen atoms in total. The number of ether oxygens (including phenoxy) is 1. The molecule has 0 spiro atoms. The molecule has 1 amide bonds. The number of hydrogen-bond donors (Lipinski definition) is 1. The highest BCUT2D eigenvalue weighted by atomic mass is 32.1. The smallest absolute Gasteiger partial charge is 0.252 e. The van der Waals surface area contributed by atoms with E-state index in [0.29, 0.717) is 12.3 Å². The molecule has 2 aromatic rings. The van der Waals surface area contributed by atoms with Gasteiger partial charge in [0.25, 0.3) is 5.91 Å². The summed E-state index contributed by atoms with van der Waals surface area (Å²) >= 11 is 1.86. The highest BCUT2D eigenvalue weighted by Gasteiger charge is 2.28. The van der Waals surface area contributed by atoms with Crippen LogP contribution in [-0.2, 0) is 9.53 Å². The highest BCUT2D eigenvalue weighted by Crippen LogP contribution is 2.35. The van der Waals surface area contributed by atoms with Crippen molar-refractivity contribution in [3.63, 3.8) is 0 Å². The quantitative estimate of drug-likeness (QED) is 0.635. The molecule has 2 bridgehead atoms. The fourth-order valence-electron chi connectivity index (χ4n) is 5.08. The van der Waals surface area contributed by atoms with E-state index in [1.54, 1.807) is 14.2 Å². The standard InChI is InChI=1S/C27H32N4O2S/c1-28-26(32)21-18-31(23-17-20(21)7-5-9-24(23)33-2)14-6-13-30-15-11-19(12-16-30)27-29-22-8-3-4-10-25(22)34-27/h3-5,7-10,18-19H,6,11-17H2,1-2H3,(H,28,32). The van der Waals surface area contributed by atoms with Gasteiger partial charge in [-0.15, -0.1) is 11.3 Å². The molecule has 2 aliphatic heterocycles. The minimum atomic E-state index is -0.0403. The van der Waals surface area contributed by atoms with E-state index in [1.165, 1.54) is 22.5 Å². The summed E-state index contributed by atoms with van der Waals surface area (Å²) in [5.74, 6) is 1.41. The number of carbonyl (C=O) groups excluding carboxylic acids is 1. The summed E-state index contributed by atoms with van der Waals surface area (Å²) < 4.78 is 6.95. The molecular formula is C27H32N4O2S. The number of nitrogens with zero attached hydrogens (tertiary/aromatic N) is 3. The molecule has 1 N–H and O–H groups in total. The highest BCUT2D eigenvalue weighted by molar-refractivity contribution is 7.18. The number of likely N-dealkylation sites (tertiary alicyclic amines) is 1. The molecule has 1 saturated heterocycles. The Bertz CT molecular complexity index is 1150. The number of allylic oxidation sites excluding steroid dienone is 4. The maximum Gasteiger partial charge on any atom is 0.252 e. The molecule has 7 heteroatoms. The van der Waals surface area contributed by atoms with Gasteiger partial charge < -0.3 is 19.9 Å². The van der Waals surface area contributed by atoms with Crippen LogP contribution >= 0.6 is 11.3 Å². The Morgan fingerprint density at radius 3 is 2.82 bits per heavy atom. The fourth-order valence-corrected chi connectivity index (χ4v) is 6.21. The normalized spacial score (nSPS) is 19.2. The molecule has 1 aromatic carbocycles. The maximum atomic E-state index is 12.5. The van der Waals surface area contributed by atoms with Crippen molar-refractivity contribution in [2.24, 2.45) is 0 Å². The van der Waals surface area contributed by atoms with Gasteiger partial charge in [-0.25, -0.2) is 4.98 Å². The number of piperidine rings is 1. The van der Waals surface area contributed by atoms with Gasteiger partial charge in [-0.05, 0) is 62.7 Å². The van der Waals surface area contributed by atoms with Gasteiger partial charge in [0.15, 0.2) is 0 Å². The molecule has 3 aliphatic rings. The van der Waals surface area contributed by atoms with Crippen LogP contribution in [0.25, 0.3) is 10.2 Å². The van der Waals surface area contributed by atoms with Crippen LogP contribution in [0, 0.1) is 0 Å². The third kappa shape index (κ3) is 4.68. The lowest BCUT2D eigenvalue weighted by Gasteiger charge is -2.33. The van der Waals surface area contributed by atoms with Crippen molar-refractivity contribution in [1.82, 2.24) is 20.1 Å². The topological polar surface area (TPSA) is 57.7 Å². The maximum absolute atomic E-state index is 12.5. The summed E-state index contributed by atoms with van der Waals surface area (Å²) in [6.45, 7) is 4.14. The number of fused-ring (bicyclic) bond motifs is 3. The van der Waals surface area contributed by atoms with Crippen molar-refractivity contribution >= 4 is 27.5 Å². The predicted molar refractivity (Wildman–Crippen MR) is 137 cm³/mol. The van der Waals surface area contributed by atoms with Crippen molar-refractivity contribution in [2.75, 3.05) is 40.3 Å². The molecule has 0 radical (unpaired) electrons. The van der Waals surface area contributed by atoms with E-state index in [9.17, 15) is 4.79 Å². The van der Waals surface area contributed by atoms with Crippen LogP contribution in [0.1, 0.15) is 36.6 Å². The summed E-state index contributed by atoms with van der Waals surface area (Å²) in [4.78, 5) is 22.1. The SMILES string of the molecule is CNC(=O)C1=CN(CCCN2CCC(c3nc4ccccc4s3)CC2)C2=C(OC)C=CC=C1C2. The molecule has 1 aromatic heterocycles. The Morgan fingerprint density at radius 1 is 1.24 bits per heavy atom. The lowest BCUT2D eigenvalue weighted by molar-refractivity contribution is -0.116. The van der Waals surface area contributed by atoms with Crippen LogP contribution in [0.4, 0.5) is 0 Å². The average Bonchev–Trinajstić information content (AvgIpc) is 3.23. The zero-order valence-electron chi connectivity index (χ0n) is 19.9. The number of rotatable bonds is 7. The molecule has 3 heterocycles. The van der Waals surface area contributed by atoms with E-state index < -0.39 is 0 Å². The minimum absolute atomic E-state index is 0.0403. The number of methoxy groups -OCH3 is 1. The van der Waals surface area contributed by atoms with Crippen molar-refractivity contribution in [2.45, 2.75) is 31.6 Å². The monoisotopic (exact) mass is 476 g/mol. The number of benzene rings is 1. The number of nitrogens with one attached hydrogen (secondary N) is 1. The Hall–Kier alpha value is -2.90. The second kappa shape index (κ2) is 10.2. The third-order valence-electron chi connectivity index (χ3n) is 6.98. The van der Waals surface area contributed by atoms with Gasteiger partial charge in [-0.1, -0.05) is 24.3 Å². The van der Waals surface area contributed by atoms with Crippen molar-refractivity contribution in [3.8, 4) is 0 Å². The number of para-hydroxylation sites is 1. The number of carbonyl (C=O) groups is 1. The van der Waals surface area contributed by atoms with Gasteiger partial charge in [0.1, 0.15) is 5.76 Å². The zero-order valence-corrected chi connectivity index (χ0v) is 20.7. The summed E-state index contributed by atoms with van der Waals surface area (Å²) in [6.07, 6.45) is 12.1. The predicted octanol–water partition coefficient (Wildman–Crippen LogP) is 4.56. The van der Waals surface area contributed by atoms with Crippen LogP contribution in [0.3, 0.4) is 0 Å². The molecule has 0 saturated carbocycles. The first-order valence-electron chi connectivity index (χ1n) is 12.1. The van der Waals surface area contributed by atoms with E-state index >= 15 is 0 Å². The van der Waals surface area contributed by atoms with Gasteiger partial charge in [-0.3, -0.25) is 4.79 Å². The van der Waals surface area contributed by atoms with Gasteiger partial charge >= 0.3 is 0 Å². The first kappa shape index (κ1) is 22.9. The van der Waals surface area contributed by atoms with E-state index in [-0.39, 0.29) is 5.91 Å². The second-order valence-corrected chi connectivity index (χ2v) is 10.1. The number of thiazole rings is 1. The van der Waals surface area contributed by atoms with Crippen molar-refractivity contribution < 1.29 is 9.53 Å². The summed E-state index contributed by atoms with van der Waals surface area (Å²) in [6, 6.07) is 8.44. The molecule has 5 rings (SSSR count).